The second-order valence-electron chi connectivity index (χ2n) is 4.46. The highest BCUT2D eigenvalue weighted by atomic mass is 19.1. The Labute approximate surface area is 123 Å². The van der Waals surface area contributed by atoms with Gasteiger partial charge in [-0.15, -0.1) is 0 Å². The van der Waals surface area contributed by atoms with Crippen molar-refractivity contribution in [2.45, 2.75) is 12.8 Å². The number of halogens is 1. The van der Waals surface area contributed by atoms with E-state index < -0.39 is 17.3 Å². The van der Waals surface area contributed by atoms with Crippen LogP contribution < -0.4 is 11.1 Å². The Morgan fingerprint density at radius 3 is 2.76 bits per heavy atom. The number of aromatic carboxylic acids is 1. The highest BCUT2D eigenvalue weighted by Crippen LogP contribution is 2.23. The molecule has 4 N–H and O–H groups in total. The van der Waals surface area contributed by atoms with Crippen molar-refractivity contribution >= 4 is 17.3 Å². The van der Waals surface area contributed by atoms with Gasteiger partial charge in [-0.2, -0.15) is 0 Å². The molecule has 6 nitrogen and oxygen atoms in total. The number of rotatable bonds is 10. The van der Waals surface area contributed by atoms with E-state index >= 15 is 0 Å². The van der Waals surface area contributed by atoms with E-state index in [2.05, 4.69) is 5.32 Å². The highest BCUT2D eigenvalue weighted by molar-refractivity contribution is 5.90. The first-order chi connectivity index (χ1) is 10.1. The molecule has 0 aliphatic rings. The van der Waals surface area contributed by atoms with E-state index in [1.165, 1.54) is 0 Å². The lowest BCUT2D eigenvalue weighted by atomic mass is 10.1. The third kappa shape index (κ3) is 5.97. The van der Waals surface area contributed by atoms with Gasteiger partial charge in [0.25, 0.3) is 0 Å². The molecule has 0 radical (unpaired) electrons. The van der Waals surface area contributed by atoms with Crippen molar-refractivity contribution in [2.24, 2.45) is 0 Å². The van der Waals surface area contributed by atoms with Crippen LogP contribution in [-0.4, -0.2) is 44.6 Å². The van der Waals surface area contributed by atoms with E-state index in [-0.39, 0.29) is 5.69 Å². The van der Waals surface area contributed by atoms with Gasteiger partial charge in [-0.1, -0.05) is 0 Å². The van der Waals surface area contributed by atoms with Crippen LogP contribution in [0.4, 0.5) is 15.8 Å². The molecule has 0 saturated heterocycles. The fourth-order valence-electron chi connectivity index (χ4n) is 1.70. The number of anilines is 2. The third-order valence-electron chi connectivity index (χ3n) is 2.83. The zero-order valence-electron chi connectivity index (χ0n) is 12.0. The summed E-state index contributed by atoms with van der Waals surface area (Å²) < 4.78 is 23.7. The van der Waals surface area contributed by atoms with Crippen molar-refractivity contribution in [3.63, 3.8) is 0 Å². The summed E-state index contributed by atoms with van der Waals surface area (Å²) in [5.74, 6) is -2.14. The summed E-state index contributed by atoms with van der Waals surface area (Å²) in [6.07, 6.45) is 1.68. The molecule has 0 aromatic heterocycles. The molecule has 0 fully saturated rings. The van der Waals surface area contributed by atoms with E-state index in [0.29, 0.717) is 32.1 Å². The van der Waals surface area contributed by atoms with Gasteiger partial charge < -0.3 is 25.6 Å². The van der Waals surface area contributed by atoms with Gasteiger partial charge in [0.15, 0.2) is 0 Å². The predicted molar refractivity (Wildman–Crippen MR) is 78.2 cm³/mol. The van der Waals surface area contributed by atoms with Gasteiger partial charge in [-0.3, -0.25) is 0 Å². The molecule has 118 valence electrons. The normalized spacial score (nSPS) is 10.6. The number of carbonyl (C=O) groups is 1. The highest BCUT2D eigenvalue weighted by Gasteiger charge is 2.13. The molecule has 1 aromatic carbocycles. The SMILES string of the molecule is COCCOCCCCNc1cc(F)c(C(=O)O)cc1N. The molecule has 0 aliphatic heterocycles. The average Bonchev–Trinajstić information content (AvgIpc) is 2.44. The van der Waals surface area contributed by atoms with Crippen molar-refractivity contribution in [3.05, 3.63) is 23.5 Å². The molecule has 0 aliphatic carbocycles. The minimum absolute atomic E-state index is 0.213. The zero-order valence-corrected chi connectivity index (χ0v) is 12.0. The van der Waals surface area contributed by atoms with Crippen LogP contribution in [0, 0.1) is 5.82 Å². The summed E-state index contributed by atoms with van der Waals surface area (Å²) in [4.78, 5) is 10.8. The number of carboxylic acids is 1. The molecule has 0 amide bonds. The van der Waals surface area contributed by atoms with Crippen LogP contribution in [0.2, 0.25) is 0 Å². The van der Waals surface area contributed by atoms with E-state index in [0.717, 1.165) is 25.0 Å². The summed E-state index contributed by atoms with van der Waals surface area (Å²) in [5.41, 5.74) is 5.88. The number of ether oxygens (including phenoxy) is 2. The smallest absolute Gasteiger partial charge is 0.338 e. The molecule has 1 rings (SSSR count). The fourth-order valence-corrected chi connectivity index (χ4v) is 1.70. The number of benzene rings is 1. The van der Waals surface area contributed by atoms with Crippen LogP contribution in [0.15, 0.2) is 12.1 Å². The lowest BCUT2D eigenvalue weighted by molar-refractivity contribution is 0.0690. The van der Waals surface area contributed by atoms with Crippen molar-refractivity contribution in [1.82, 2.24) is 0 Å². The van der Waals surface area contributed by atoms with Gasteiger partial charge in [-0.25, -0.2) is 9.18 Å². The molecule has 0 bridgehead atoms. The molecule has 0 saturated carbocycles. The molecule has 0 atom stereocenters. The summed E-state index contributed by atoms with van der Waals surface area (Å²) >= 11 is 0. The Kier molecular flexibility index (Phi) is 7.49. The van der Waals surface area contributed by atoms with Crippen LogP contribution in [0.5, 0.6) is 0 Å². The molecule has 7 heteroatoms. The maximum Gasteiger partial charge on any atom is 0.338 e. The lowest BCUT2D eigenvalue weighted by Crippen LogP contribution is -2.09. The second-order valence-corrected chi connectivity index (χ2v) is 4.46. The monoisotopic (exact) mass is 300 g/mol. The third-order valence-corrected chi connectivity index (χ3v) is 2.83. The lowest BCUT2D eigenvalue weighted by Gasteiger charge is -2.11. The molecule has 1 aromatic rings. The first kappa shape index (κ1) is 17.2. The van der Waals surface area contributed by atoms with Crippen molar-refractivity contribution in [2.75, 3.05) is 44.5 Å². The minimum atomic E-state index is -1.33. The molecular weight excluding hydrogens is 279 g/mol. The number of hydrogen-bond acceptors (Lipinski definition) is 5. The quantitative estimate of drug-likeness (QED) is 0.452. The van der Waals surface area contributed by atoms with Crippen LogP contribution in [-0.2, 0) is 9.47 Å². The fraction of sp³-hybridized carbons (Fsp3) is 0.500. The average molecular weight is 300 g/mol. The van der Waals surface area contributed by atoms with Crippen molar-refractivity contribution in [3.8, 4) is 0 Å². The topological polar surface area (TPSA) is 93.8 Å². The maximum atomic E-state index is 13.5. The van der Waals surface area contributed by atoms with Gasteiger partial charge >= 0.3 is 5.97 Å². The second kappa shape index (κ2) is 9.15. The van der Waals surface area contributed by atoms with Crippen LogP contribution in [0.1, 0.15) is 23.2 Å². The Morgan fingerprint density at radius 1 is 1.33 bits per heavy atom. The molecule has 0 spiro atoms. The maximum absolute atomic E-state index is 13.5. The first-order valence-electron chi connectivity index (χ1n) is 6.69. The van der Waals surface area contributed by atoms with Crippen molar-refractivity contribution < 1.29 is 23.8 Å². The number of nitrogen functional groups attached to an aromatic ring is 1. The summed E-state index contributed by atoms with van der Waals surface area (Å²) in [5, 5.41) is 11.8. The van der Waals surface area contributed by atoms with Crippen LogP contribution >= 0.6 is 0 Å². The number of hydrogen-bond donors (Lipinski definition) is 3. The number of unbranched alkanes of at least 4 members (excludes halogenated alkanes) is 1. The molecule has 0 heterocycles. The number of methoxy groups -OCH3 is 1. The largest absolute Gasteiger partial charge is 0.478 e. The first-order valence-corrected chi connectivity index (χ1v) is 6.69. The van der Waals surface area contributed by atoms with Crippen LogP contribution in [0.3, 0.4) is 0 Å². The summed E-state index contributed by atoms with van der Waals surface area (Å²) in [6.45, 7) is 2.37. The summed E-state index contributed by atoms with van der Waals surface area (Å²) in [7, 11) is 1.62. The molecule has 21 heavy (non-hydrogen) atoms. The van der Waals surface area contributed by atoms with E-state index in [1.54, 1.807) is 7.11 Å². The number of carboxylic acid groups (broad SMARTS) is 1. The van der Waals surface area contributed by atoms with Gasteiger partial charge in [0.1, 0.15) is 5.82 Å². The standard InChI is InChI=1S/C14H21FN2O4/c1-20-6-7-21-5-3-2-4-17-13-9-11(15)10(14(18)19)8-12(13)16/h8-9,17H,2-7,16H2,1H3,(H,18,19). The number of nitrogens with two attached hydrogens (primary N) is 1. The Balaban J connectivity index is 2.32. The molecule has 0 unspecified atom stereocenters. The van der Waals surface area contributed by atoms with Gasteiger partial charge in [-0.05, 0) is 25.0 Å². The summed E-state index contributed by atoms with van der Waals surface area (Å²) in [6, 6.07) is 2.22. The zero-order chi connectivity index (χ0) is 15.7. The van der Waals surface area contributed by atoms with Crippen molar-refractivity contribution in [1.29, 1.82) is 0 Å². The Morgan fingerprint density at radius 2 is 2.10 bits per heavy atom. The van der Waals surface area contributed by atoms with E-state index in [4.69, 9.17) is 20.3 Å². The minimum Gasteiger partial charge on any atom is -0.478 e. The van der Waals surface area contributed by atoms with E-state index in [9.17, 15) is 9.18 Å². The Hall–Kier alpha value is -1.86. The van der Waals surface area contributed by atoms with Crippen LogP contribution in [0.25, 0.3) is 0 Å². The Bertz CT molecular complexity index is 469. The van der Waals surface area contributed by atoms with E-state index in [1.807, 2.05) is 0 Å². The molecular formula is C14H21FN2O4. The van der Waals surface area contributed by atoms with Gasteiger partial charge in [0.05, 0.1) is 30.2 Å². The number of nitrogens with one attached hydrogen (secondary N) is 1. The van der Waals surface area contributed by atoms with Gasteiger partial charge in [0, 0.05) is 20.3 Å². The predicted octanol–water partition coefficient (Wildman–Crippen LogP) is 1.96. The van der Waals surface area contributed by atoms with Gasteiger partial charge in [0.2, 0.25) is 0 Å².